The first-order chi connectivity index (χ1) is 16.3. The van der Waals surface area contributed by atoms with Gasteiger partial charge >= 0.3 is 0 Å². The van der Waals surface area contributed by atoms with Crippen molar-refractivity contribution in [2.24, 2.45) is 0 Å². The van der Waals surface area contributed by atoms with Crippen molar-refractivity contribution in [3.8, 4) is 0 Å². The Labute approximate surface area is 207 Å². The zero-order valence-corrected chi connectivity index (χ0v) is 20.0. The molecule has 1 aromatic carbocycles. The minimum atomic E-state index is -0.693. The maximum atomic E-state index is 13.8. The van der Waals surface area contributed by atoms with Gasteiger partial charge in [-0.05, 0) is 37.1 Å². The van der Waals surface area contributed by atoms with Crippen LogP contribution < -0.4 is 21.5 Å². The molecule has 0 atom stereocenters. The molecule has 0 aliphatic heterocycles. The number of halogens is 3. The molecule has 0 radical (unpaired) electrons. The van der Waals surface area contributed by atoms with Crippen LogP contribution >= 0.6 is 34.5 Å². The van der Waals surface area contributed by atoms with Gasteiger partial charge in [0, 0.05) is 6.07 Å². The van der Waals surface area contributed by atoms with Crippen molar-refractivity contribution in [3.63, 3.8) is 0 Å². The van der Waals surface area contributed by atoms with E-state index in [0.717, 1.165) is 23.1 Å². The lowest BCUT2D eigenvalue weighted by molar-refractivity contribution is 0.103. The van der Waals surface area contributed by atoms with Crippen molar-refractivity contribution >= 4 is 68.7 Å². The Morgan fingerprint density at radius 3 is 2.62 bits per heavy atom. The van der Waals surface area contributed by atoms with E-state index in [4.69, 9.17) is 23.2 Å². The molecule has 0 unspecified atom stereocenters. The number of hydrogen-bond acceptors (Lipinski definition) is 10. The molecule has 4 aromatic rings. The summed E-state index contributed by atoms with van der Waals surface area (Å²) in [7, 11) is 0. The van der Waals surface area contributed by atoms with Crippen LogP contribution in [0.15, 0.2) is 36.7 Å². The highest BCUT2D eigenvalue weighted by Crippen LogP contribution is 2.28. The molecule has 174 valence electrons. The fraction of sp³-hybridized carbons (Fsp3) is 0.100. The third-order valence-corrected chi connectivity index (χ3v) is 5.70. The molecule has 10 nitrogen and oxygen atoms in total. The molecule has 0 aliphatic carbocycles. The van der Waals surface area contributed by atoms with Crippen LogP contribution in [0.25, 0.3) is 0 Å². The van der Waals surface area contributed by atoms with Gasteiger partial charge in [0.1, 0.15) is 22.3 Å². The Kier molecular flexibility index (Phi) is 7.01. The molecule has 3 aromatic heterocycles. The Morgan fingerprint density at radius 2 is 1.82 bits per heavy atom. The lowest BCUT2D eigenvalue weighted by Gasteiger charge is -2.11. The second-order valence-electron chi connectivity index (χ2n) is 6.81. The van der Waals surface area contributed by atoms with E-state index in [1.165, 1.54) is 6.20 Å². The summed E-state index contributed by atoms with van der Waals surface area (Å²) in [6.07, 6.45) is 2.39. The van der Waals surface area contributed by atoms with E-state index in [1.807, 2.05) is 19.1 Å². The van der Waals surface area contributed by atoms with Gasteiger partial charge in [0.05, 0.1) is 23.1 Å². The van der Waals surface area contributed by atoms with E-state index < -0.39 is 5.82 Å². The number of hydrazine groups is 1. The van der Waals surface area contributed by atoms with Crippen LogP contribution in [-0.4, -0.2) is 30.8 Å². The summed E-state index contributed by atoms with van der Waals surface area (Å²) in [6.45, 7) is 3.54. The number of anilines is 5. The van der Waals surface area contributed by atoms with Crippen LogP contribution in [0.5, 0.6) is 0 Å². The molecule has 0 saturated heterocycles. The highest BCUT2D eigenvalue weighted by Gasteiger charge is 2.15. The number of nitrogens with one attached hydrogen (secondary N) is 4. The average Bonchev–Trinajstić information content (AvgIpc) is 3.25. The maximum Gasteiger partial charge on any atom is 0.267 e. The van der Waals surface area contributed by atoms with E-state index in [2.05, 4.69) is 46.4 Å². The van der Waals surface area contributed by atoms with Crippen LogP contribution in [-0.2, 0) is 0 Å². The van der Waals surface area contributed by atoms with Crippen molar-refractivity contribution in [1.29, 1.82) is 0 Å². The molecular weight excluding hydrogens is 504 g/mol. The van der Waals surface area contributed by atoms with Gasteiger partial charge in [0.15, 0.2) is 16.8 Å². The predicted octanol–water partition coefficient (Wildman–Crippen LogP) is 5.22. The number of aromatic nitrogens is 5. The molecule has 0 aliphatic rings. The first-order valence-electron chi connectivity index (χ1n) is 9.63. The first-order valence-corrected chi connectivity index (χ1v) is 11.2. The predicted molar refractivity (Wildman–Crippen MR) is 131 cm³/mol. The molecule has 3 heterocycles. The lowest BCUT2D eigenvalue weighted by atomic mass is 10.2. The van der Waals surface area contributed by atoms with E-state index in [9.17, 15) is 9.18 Å². The quantitative estimate of drug-likeness (QED) is 0.191. The van der Waals surface area contributed by atoms with Crippen molar-refractivity contribution < 1.29 is 9.18 Å². The summed E-state index contributed by atoms with van der Waals surface area (Å²) in [4.78, 5) is 33.1. The Morgan fingerprint density at radius 1 is 1.03 bits per heavy atom. The van der Waals surface area contributed by atoms with E-state index >= 15 is 0 Å². The van der Waals surface area contributed by atoms with Gasteiger partial charge in [-0.25, -0.2) is 24.3 Å². The van der Waals surface area contributed by atoms with Crippen LogP contribution in [0.1, 0.15) is 21.1 Å². The fourth-order valence-electron chi connectivity index (χ4n) is 2.76. The van der Waals surface area contributed by atoms with Crippen molar-refractivity contribution in [2.45, 2.75) is 13.8 Å². The summed E-state index contributed by atoms with van der Waals surface area (Å²) in [5.74, 6) is -0.0114. The number of hydrogen-bond donors (Lipinski definition) is 4. The van der Waals surface area contributed by atoms with Gasteiger partial charge < -0.3 is 10.6 Å². The van der Waals surface area contributed by atoms with Gasteiger partial charge in [-0.2, -0.15) is 4.98 Å². The minimum absolute atomic E-state index is 0.111. The number of nitrogens with zero attached hydrogens (tertiary/aromatic N) is 5. The van der Waals surface area contributed by atoms with Crippen molar-refractivity contribution in [3.05, 3.63) is 69.0 Å². The van der Waals surface area contributed by atoms with Gasteiger partial charge in [0.25, 0.3) is 5.91 Å². The first kappa shape index (κ1) is 23.5. The highest BCUT2D eigenvalue weighted by molar-refractivity contribution is 7.17. The molecule has 0 spiro atoms. The van der Waals surface area contributed by atoms with Crippen LogP contribution in [0, 0.1) is 19.7 Å². The molecule has 14 heteroatoms. The Bertz CT molecular complexity index is 1350. The molecule has 34 heavy (non-hydrogen) atoms. The number of thiazole rings is 1. The number of para-hydroxylation sites is 1. The fourth-order valence-corrected chi connectivity index (χ4v) is 3.88. The number of aryl methyl sites for hydroxylation is 2. The zero-order valence-electron chi connectivity index (χ0n) is 17.7. The number of carbonyl (C=O) groups is 1. The number of amides is 1. The van der Waals surface area contributed by atoms with Gasteiger partial charge in [-0.1, -0.05) is 35.1 Å². The molecule has 4 N–H and O–H groups in total. The van der Waals surface area contributed by atoms with E-state index in [1.54, 1.807) is 19.1 Å². The van der Waals surface area contributed by atoms with Crippen molar-refractivity contribution in [1.82, 2.24) is 24.9 Å². The molecule has 1 amide bonds. The standard InChI is InChI=1S/C20H16Cl2FN9OS/c1-9-4-3-5-11(21)16(9)29-18(33)13-8-25-20(34-13)28-14-6-15(27-10(2)26-14)31-32-17-12(23)7-24-19(22)30-17/h3-8H,1-2H3,(H,29,33)(H,24,30,32)(H2,25,26,27,28,31). The molecule has 4 rings (SSSR count). The normalized spacial score (nSPS) is 10.6. The summed E-state index contributed by atoms with van der Waals surface area (Å²) in [5.41, 5.74) is 6.71. The summed E-state index contributed by atoms with van der Waals surface area (Å²) < 4.78 is 13.8. The maximum absolute atomic E-state index is 13.8. The summed E-state index contributed by atoms with van der Waals surface area (Å²) >= 11 is 13.0. The van der Waals surface area contributed by atoms with Gasteiger partial charge in [-0.15, -0.1) is 0 Å². The topological polar surface area (TPSA) is 130 Å². The number of benzene rings is 1. The third-order valence-electron chi connectivity index (χ3n) is 4.29. The molecule has 0 saturated carbocycles. The zero-order chi connectivity index (χ0) is 24.2. The lowest BCUT2D eigenvalue weighted by Crippen LogP contribution is -2.14. The molecular formula is C20H16Cl2FN9OS. The monoisotopic (exact) mass is 519 g/mol. The average molecular weight is 520 g/mol. The van der Waals surface area contributed by atoms with Crippen molar-refractivity contribution in [2.75, 3.05) is 21.5 Å². The second kappa shape index (κ2) is 10.1. The van der Waals surface area contributed by atoms with E-state index in [-0.39, 0.29) is 17.0 Å². The second-order valence-corrected chi connectivity index (χ2v) is 8.59. The number of rotatable bonds is 7. The molecule has 0 bridgehead atoms. The smallest absolute Gasteiger partial charge is 0.267 e. The number of carbonyl (C=O) groups excluding carboxylic acids is 1. The van der Waals surface area contributed by atoms with E-state index in [0.29, 0.717) is 38.2 Å². The summed E-state index contributed by atoms with van der Waals surface area (Å²) in [5, 5.41) is 6.61. The van der Waals surface area contributed by atoms with Gasteiger partial charge in [-0.3, -0.25) is 15.6 Å². The Balaban J connectivity index is 1.44. The largest absolute Gasteiger partial charge is 0.320 e. The van der Waals surface area contributed by atoms with Gasteiger partial charge in [0.2, 0.25) is 5.28 Å². The summed E-state index contributed by atoms with van der Waals surface area (Å²) in [6, 6.07) is 6.93. The molecule has 0 fully saturated rings. The Hall–Kier alpha value is -3.61. The van der Waals surface area contributed by atoms with Crippen LogP contribution in [0.3, 0.4) is 0 Å². The third kappa shape index (κ3) is 5.65. The minimum Gasteiger partial charge on any atom is -0.320 e. The van der Waals surface area contributed by atoms with Crippen LogP contribution in [0.4, 0.5) is 32.7 Å². The van der Waals surface area contributed by atoms with Crippen LogP contribution in [0.2, 0.25) is 10.3 Å². The highest BCUT2D eigenvalue weighted by atomic mass is 35.5. The SMILES string of the molecule is Cc1nc(NNc2nc(Cl)ncc2F)cc(Nc2ncc(C(=O)Nc3c(C)cccc3Cl)s2)n1.